The Kier molecular flexibility index (Phi) is 5.68. The molecule has 0 unspecified atom stereocenters. The van der Waals surface area contributed by atoms with E-state index in [-0.39, 0.29) is 5.91 Å². The largest absolute Gasteiger partial charge is 0.370 e. The first-order valence-electron chi connectivity index (χ1n) is 6.72. The van der Waals surface area contributed by atoms with E-state index in [1.165, 1.54) is 6.33 Å². The highest BCUT2D eigenvalue weighted by molar-refractivity contribution is 9.10. The maximum Gasteiger partial charge on any atom is 0.255 e. The molecule has 0 fully saturated rings. The number of carbonyl (C=O) groups is 1. The molecule has 3 N–H and O–H groups in total. The minimum atomic E-state index is -0.141. The van der Waals surface area contributed by atoms with E-state index < -0.39 is 0 Å². The molecule has 0 bridgehead atoms. The van der Waals surface area contributed by atoms with E-state index in [2.05, 4.69) is 46.7 Å². The molecular weight excluding hydrogens is 336 g/mol. The van der Waals surface area contributed by atoms with Gasteiger partial charge in [0.15, 0.2) is 0 Å². The molecule has 21 heavy (non-hydrogen) atoms. The topological polar surface area (TPSA) is 95.6 Å². The van der Waals surface area contributed by atoms with Crippen molar-refractivity contribution < 1.29 is 4.79 Å². The van der Waals surface area contributed by atoms with Crippen LogP contribution in [0.3, 0.4) is 0 Å². The molecule has 8 heteroatoms. The van der Waals surface area contributed by atoms with E-state index in [9.17, 15) is 4.79 Å². The Morgan fingerprint density at radius 2 is 2.29 bits per heavy atom. The van der Waals surface area contributed by atoms with Crippen LogP contribution in [0.1, 0.15) is 29.5 Å². The highest BCUT2D eigenvalue weighted by Gasteiger charge is 2.12. The summed E-state index contributed by atoms with van der Waals surface area (Å²) in [7, 11) is 0. The first kappa shape index (κ1) is 15.4. The van der Waals surface area contributed by atoms with Crippen molar-refractivity contribution in [2.45, 2.75) is 19.8 Å². The first-order chi connectivity index (χ1) is 10.2. The van der Waals surface area contributed by atoms with E-state index >= 15 is 0 Å². The van der Waals surface area contributed by atoms with Crippen LogP contribution in [-0.4, -0.2) is 39.2 Å². The lowest BCUT2D eigenvalue weighted by molar-refractivity contribution is 0.0953. The van der Waals surface area contributed by atoms with Gasteiger partial charge in [0.2, 0.25) is 0 Å². The molecule has 0 radical (unpaired) electrons. The molecule has 0 spiro atoms. The number of anilines is 1. The lowest BCUT2D eigenvalue weighted by Crippen LogP contribution is -2.26. The van der Waals surface area contributed by atoms with Gasteiger partial charge in [-0.1, -0.05) is 0 Å². The fourth-order valence-electron chi connectivity index (χ4n) is 1.82. The van der Waals surface area contributed by atoms with Crippen molar-refractivity contribution in [2.75, 3.05) is 18.4 Å². The number of nitrogens with zero attached hydrogens (tertiary/aromatic N) is 3. The third-order valence-corrected chi connectivity index (χ3v) is 3.22. The summed E-state index contributed by atoms with van der Waals surface area (Å²) in [4.78, 5) is 20.5. The van der Waals surface area contributed by atoms with Crippen LogP contribution in [0, 0.1) is 0 Å². The average Bonchev–Trinajstić information content (AvgIpc) is 2.99. The molecule has 0 saturated heterocycles. The summed E-state index contributed by atoms with van der Waals surface area (Å²) in [6.45, 7) is 3.24. The van der Waals surface area contributed by atoms with Crippen molar-refractivity contribution in [1.29, 1.82) is 0 Å². The summed E-state index contributed by atoms with van der Waals surface area (Å²) in [6, 6.07) is 1.76. The molecule has 1 amide bonds. The zero-order valence-corrected chi connectivity index (χ0v) is 13.3. The fourth-order valence-corrected chi connectivity index (χ4v) is 2.16. The van der Waals surface area contributed by atoms with Crippen molar-refractivity contribution in [2.24, 2.45) is 0 Å². The van der Waals surface area contributed by atoms with Crippen molar-refractivity contribution in [1.82, 2.24) is 25.5 Å². The molecule has 0 aliphatic rings. The summed E-state index contributed by atoms with van der Waals surface area (Å²) >= 11 is 3.33. The zero-order chi connectivity index (χ0) is 15.1. The normalized spacial score (nSPS) is 10.4. The Labute approximate surface area is 131 Å². The van der Waals surface area contributed by atoms with E-state index in [1.807, 2.05) is 6.92 Å². The van der Waals surface area contributed by atoms with Gasteiger partial charge < -0.3 is 10.6 Å². The Bertz CT molecular complexity index is 586. The third kappa shape index (κ3) is 4.52. The van der Waals surface area contributed by atoms with E-state index in [0.29, 0.717) is 24.5 Å². The number of hydrogen-bond donors (Lipinski definition) is 3. The Morgan fingerprint density at radius 1 is 1.43 bits per heavy atom. The predicted octanol–water partition coefficient (Wildman–Crippen LogP) is 1.76. The van der Waals surface area contributed by atoms with Gasteiger partial charge in [0, 0.05) is 30.2 Å². The maximum atomic E-state index is 12.2. The second kappa shape index (κ2) is 7.72. The molecule has 2 aromatic rings. The van der Waals surface area contributed by atoms with Gasteiger partial charge in [-0.3, -0.25) is 9.89 Å². The Balaban J connectivity index is 1.88. The lowest BCUT2D eigenvalue weighted by Gasteiger charge is -2.10. The highest BCUT2D eigenvalue weighted by atomic mass is 79.9. The summed E-state index contributed by atoms with van der Waals surface area (Å²) in [5.74, 6) is 1.27. The van der Waals surface area contributed by atoms with Gasteiger partial charge in [-0.05, 0) is 35.3 Å². The zero-order valence-electron chi connectivity index (χ0n) is 11.7. The van der Waals surface area contributed by atoms with Crippen LogP contribution in [0.5, 0.6) is 0 Å². The number of halogens is 1. The molecule has 112 valence electrons. The standard InChI is InChI=1S/C13H17BrN6O/c1-2-15-12-10(6-9(14)7-17-12)13(21)16-5-3-4-11-18-8-19-20-11/h6-8H,2-5H2,1H3,(H,15,17)(H,16,21)(H,18,19,20). The van der Waals surface area contributed by atoms with Crippen LogP contribution >= 0.6 is 15.9 Å². The molecule has 7 nitrogen and oxygen atoms in total. The minimum absolute atomic E-state index is 0.141. The molecule has 0 aromatic carbocycles. The number of H-pyrrole nitrogens is 1. The van der Waals surface area contributed by atoms with Gasteiger partial charge in [0.05, 0.1) is 5.56 Å². The van der Waals surface area contributed by atoms with Crippen LogP contribution in [-0.2, 0) is 6.42 Å². The van der Waals surface area contributed by atoms with Crippen LogP contribution in [0.25, 0.3) is 0 Å². The van der Waals surface area contributed by atoms with E-state index in [4.69, 9.17) is 0 Å². The first-order valence-corrected chi connectivity index (χ1v) is 7.52. The van der Waals surface area contributed by atoms with Crippen LogP contribution in [0.4, 0.5) is 5.82 Å². The fraction of sp³-hybridized carbons (Fsp3) is 0.385. The van der Waals surface area contributed by atoms with Crippen molar-refractivity contribution in [3.63, 3.8) is 0 Å². The Morgan fingerprint density at radius 3 is 3.00 bits per heavy atom. The number of hydrogen-bond acceptors (Lipinski definition) is 5. The SMILES string of the molecule is CCNc1ncc(Br)cc1C(=O)NCCCc1ncn[nH]1. The molecule has 2 rings (SSSR count). The van der Waals surface area contributed by atoms with Crippen molar-refractivity contribution in [3.05, 3.63) is 34.5 Å². The summed E-state index contributed by atoms with van der Waals surface area (Å²) in [6.07, 6.45) is 4.68. The number of aromatic amines is 1. The van der Waals surface area contributed by atoms with Crippen LogP contribution in [0.2, 0.25) is 0 Å². The van der Waals surface area contributed by atoms with Gasteiger partial charge >= 0.3 is 0 Å². The monoisotopic (exact) mass is 352 g/mol. The number of nitrogens with one attached hydrogen (secondary N) is 3. The van der Waals surface area contributed by atoms with Crippen LogP contribution < -0.4 is 10.6 Å². The quantitative estimate of drug-likeness (QED) is 0.659. The molecule has 0 saturated carbocycles. The van der Waals surface area contributed by atoms with E-state index in [1.54, 1.807) is 12.3 Å². The highest BCUT2D eigenvalue weighted by Crippen LogP contribution is 2.17. The maximum absolute atomic E-state index is 12.2. The molecule has 2 heterocycles. The second-order valence-corrected chi connectivity index (χ2v) is 5.29. The second-order valence-electron chi connectivity index (χ2n) is 4.37. The molecule has 0 aliphatic carbocycles. The van der Waals surface area contributed by atoms with Gasteiger partial charge in [-0.2, -0.15) is 5.10 Å². The van der Waals surface area contributed by atoms with Gasteiger partial charge in [0.1, 0.15) is 18.0 Å². The molecular formula is C13H17BrN6O. The number of pyridine rings is 1. The van der Waals surface area contributed by atoms with Gasteiger partial charge in [0.25, 0.3) is 5.91 Å². The summed E-state index contributed by atoms with van der Waals surface area (Å²) in [5.41, 5.74) is 0.533. The minimum Gasteiger partial charge on any atom is -0.370 e. The van der Waals surface area contributed by atoms with E-state index in [0.717, 1.165) is 23.1 Å². The van der Waals surface area contributed by atoms with Crippen LogP contribution in [0.15, 0.2) is 23.1 Å². The number of carbonyl (C=O) groups excluding carboxylic acids is 1. The number of rotatable bonds is 7. The smallest absolute Gasteiger partial charge is 0.255 e. The average molecular weight is 353 g/mol. The lowest BCUT2D eigenvalue weighted by atomic mass is 10.2. The number of amides is 1. The van der Waals surface area contributed by atoms with Crippen molar-refractivity contribution >= 4 is 27.7 Å². The van der Waals surface area contributed by atoms with Crippen molar-refractivity contribution in [3.8, 4) is 0 Å². The Hall–Kier alpha value is -1.96. The summed E-state index contributed by atoms with van der Waals surface area (Å²) < 4.78 is 0.774. The molecule has 0 atom stereocenters. The third-order valence-electron chi connectivity index (χ3n) is 2.78. The molecule has 2 aromatic heterocycles. The summed E-state index contributed by atoms with van der Waals surface area (Å²) in [5, 5.41) is 12.5. The van der Waals surface area contributed by atoms with Gasteiger partial charge in [-0.15, -0.1) is 0 Å². The van der Waals surface area contributed by atoms with Gasteiger partial charge in [-0.25, -0.2) is 9.97 Å². The molecule has 0 aliphatic heterocycles. The predicted molar refractivity (Wildman–Crippen MR) is 83.1 cm³/mol. The number of aryl methyl sites for hydroxylation is 1. The number of aromatic nitrogens is 4.